The summed E-state index contributed by atoms with van der Waals surface area (Å²) in [6.07, 6.45) is -0.421. The van der Waals surface area contributed by atoms with Crippen molar-refractivity contribution in [1.29, 1.82) is 0 Å². The molecule has 2 aromatic carbocycles. The lowest BCUT2D eigenvalue weighted by Gasteiger charge is -2.24. The van der Waals surface area contributed by atoms with Crippen LogP contribution in [0.25, 0.3) is 0 Å². The summed E-state index contributed by atoms with van der Waals surface area (Å²) in [6.45, 7) is 0.294. The maximum Gasteiger partial charge on any atom is 0.339 e. The molecule has 2 amide bonds. The number of nitrogens with zero attached hydrogens (tertiary/aromatic N) is 1. The fraction of sp³-hybridized carbons (Fsp3) is 0.318. The van der Waals surface area contributed by atoms with Crippen LogP contribution in [-0.4, -0.2) is 56.6 Å². The van der Waals surface area contributed by atoms with E-state index in [1.165, 1.54) is 34.9 Å². The summed E-state index contributed by atoms with van der Waals surface area (Å²) in [6, 6.07) is 4.15. The molecule has 2 unspecified atom stereocenters. The van der Waals surface area contributed by atoms with Crippen molar-refractivity contribution in [3.05, 3.63) is 64.5 Å². The van der Waals surface area contributed by atoms with E-state index in [1.54, 1.807) is 0 Å². The number of carboxylic acid groups (broad SMARTS) is 1. The summed E-state index contributed by atoms with van der Waals surface area (Å²) in [5, 5.41) is 20.5. The number of aromatic carboxylic acids is 1. The number of amides is 2. The van der Waals surface area contributed by atoms with E-state index in [0.29, 0.717) is 30.0 Å². The number of rotatable bonds is 8. The Hall–Kier alpha value is -3.25. The van der Waals surface area contributed by atoms with E-state index in [-0.39, 0.29) is 30.5 Å². The highest BCUT2D eigenvalue weighted by Crippen LogP contribution is 2.26. The summed E-state index contributed by atoms with van der Waals surface area (Å²) >= 11 is 1.24. The van der Waals surface area contributed by atoms with E-state index in [2.05, 4.69) is 5.32 Å². The van der Waals surface area contributed by atoms with E-state index in [9.17, 15) is 32.7 Å². The summed E-state index contributed by atoms with van der Waals surface area (Å²) in [5.41, 5.74) is 5.98. The molecular formula is C22H22F3N3O5S. The molecule has 2 atom stereocenters. The molecule has 3 rings (SSSR count). The highest BCUT2D eigenvalue weighted by atomic mass is 32.2. The monoisotopic (exact) mass is 497 g/mol. The smallest absolute Gasteiger partial charge is 0.339 e. The number of benzene rings is 2. The maximum atomic E-state index is 13.8. The molecule has 1 aliphatic rings. The number of nitrogens with two attached hydrogens (primary N) is 1. The van der Waals surface area contributed by atoms with Gasteiger partial charge in [0.15, 0.2) is 17.0 Å². The zero-order chi connectivity index (χ0) is 25.0. The van der Waals surface area contributed by atoms with Gasteiger partial charge < -0.3 is 26.2 Å². The van der Waals surface area contributed by atoms with Crippen molar-refractivity contribution in [2.45, 2.75) is 30.8 Å². The second-order valence-electron chi connectivity index (χ2n) is 7.71. The molecule has 0 radical (unpaired) electrons. The Kier molecular flexibility index (Phi) is 8.05. The Labute approximate surface area is 196 Å². The number of nitrogens with one attached hydrogen (secondary N) is 1. The number of hydrogen-bond donors (Lipinski definition) is 4. The molecule has 1 fully saturated rings. The van der Waals surface area contributed by atoms with Gasteiger partial charge in [-0.25, -0.2) is 18.0 Å². The number of carbonyl (C=O) groups is 3. The van der Waals surface area contributed by atoms with Gasteiger partial charge >= 0.3 is 5.97 Å². The Morgan fingerprint density at radius 3 is 2.53 bits per heavy atom. The van der Waals surface area contributed by atoms with E-state index in [4.69, 9.17) is 10.8 Å². The molecule has 2 aromatic rings. The molecule has 12 heteroatoms. The van der Waals surface area contributed by atoms with Crippen molar-refractivity contribution in [3.8, 4) is 5.75 Å². The number of halogens is 3. The van der Waals surface area contributed by atoms with Crippen LogP contribution in [-0.2, 0) is 22.6 Å². The molecule has 34 heavy (non-hydrogen) atoms. The molecule has 1 heterocycles. The maximum absolute atomic E-state index is 13.8. The third-order valence-electron chi connectivity index (χ3n) is 5.20. The van der Waals surface area contributed by atoms with E-state index < -0.39 is 52.4 Å². The Morgan fingerprint density at radius 2 is 1.85 bits per heavy atom. The first kappa shape index (κ1) is 25.4. The van der Waals surface area contributed by atoms with Gasteiger partial charge in [-0.3, -0.25) is 9.59 Å². The Bertz CT molecular complexity index is 1120. The molecule has 1 aliphatic heterocycles. The molecule has 0 aliphatic carbocycles. The first-order valence-corrected chi connectivity index (χ1v) is 11.2. The second kappa shape index (κ2) is 10.8. The van der Waals surface area contributed by atoms with Crippen molar-refractivity contribution in [2.24, 2.45) is 5.73 Å². The standard InChI is InChI=1S/C22H22F3N3O5S/c23-15-9-17(25)16(24)7-12(15)6-13(26)8-19(30)28-3-4-34-21(28)20(31)27-10-11-1-2-14(22(32)33)18(29)5-11/h1-2,5,7,9,13,21,29H,3-4,6,8,10,26H2,(H,27,31)(H,32,33). The Balaban J connectivity index is 1.57. The first-order valence-electron chi connectivity index (χ1n) is 10.2. The van der Waals surface area contributed by atoms with Crippen LogP contribution in [0, 0.1) is 17.5 Å². The van der Waals surface area contributed by atoms with Crippen LogP contribution in [0.15, 0.2) is 30.3 Å². The lowest BCUT2D eigenvalue weighted by atomic mass is 10.0. The third kappa shape index (κ3) is 6.00. The number of hydrogen-bond acceptors (Lipinski definition) is 6. The van der Waals surface area contributed by atoms with E-state index in [1.807, 2.05) is 0 Å². The van der Waals surface area contributed by atoms with E-state index >= 15 is 0 Å². The molecule has 8 nitrogen and oxygen atoms in total. The van der Waals surface area contributed by atoms with Crippen molar-refractivity contribution in [3.63, 3.8) is 0 Å². The van der Waals surface area contributed by atoms with Crippen molar-refractivity contribution >= 4 is 29.5 Å². The molecule has 182 valence electrons. The molecule has 0 spiro atoms. The largest absolute Gasteiger partial charge is 0.507 e. The van der Waals surface area contributed by atoms with Crippen LogP contribution in [0.2, 0.25) is 0 Å². The van der Waals surface area contributed by atoms with Crippen LogP contribution in [0.4, 0.5) is 13.2 Å². The average Bonchev–Trinajstić information content (AvgIpc) is 3.26. The van der Waals surface area contributed by atoms with Gasteiger partial charge in [-0.05, 0) is 35.7 Å². The summed E-state index contributed by atoms with van der Waals surface area (Å²) < 4.78 is 40.3. The fourth-order valence-corrected chi connectivity index (χ4v) is 4.67. The van der Waals surface area contributed by atoms with Crippen molar-refractivity contribution in [2.75, 3.05) is 12.3 Å². The van der Waals surface area contributed by atoms with Gasteiger partial charge in [0.25, 0.3) is 5.91 Å². The second-order valence-corrected chi connectivity index (χ2v) is 8.90. The van der Waals surface area contributed by atoms with Crippen molar-refractivity contribution in [1.82, 2.24) is 10.2 Å². The van der Waals surface area contributed by atoms with Gasteiger partial charge in [-0.2, -0.15) is 0 Å². The van der Waals surface area contributed by atoms with Crippen LogP contribution in [0.1, 0.15) is 27.9 Å². The molecular weight excluding hydrogens is 475 g/mol. The lowest BCUT2D eigenvalue weighted by Crippen LogP contribution is -2.46. The fourth-order valence-electron chi connectivity index (χ4n) is 3.50. The minimum Gasteiger partial charge on any atom is -0.507 e. The van der Waals surface area contributed by atoms with Gasteiger partial charge in [0.2, 0.25) is 5.91 Å². The van der Waals surface area contributed by atoms with Gasteiger partial charge in [0.1, 0.15) is 17.1 Å². The summed E-state index contributed by atoms with van der Waals surface area (Å²) in [5.74, 6) is -5.60. The van der Waals surface area contributed by atoms with Crippen LogP contribution >= 0.6 is 11.8 Å². The predicted molar refractivity (Wildman–Crippen MR) is 117 cm³/mol. The quantitative estimate of drug-likeness (QED) is 0.410. The number of carboxylic acids is 1. The number of carbonyl (C=O) groups excluding carboxylic acids is 2. The van der Waals surface area contributed by atoms with Crippen LogP contribution in [0.5, 0.6) is 5.75 Å². The van der Waals surface area contributed by atoms with Crippen LogP contribution in [0.3, 0.4) is 0 Å². The topological polar surface area (TPSA) is 133 Å². The van der Waals surface area contributed by atoms with Crippen molar-refractivity contribution < 1.29 is 37.8 Å². The number of thioether (sulfide) groups is 1. The normalized spacial score (nSPS) is 16.4. The minimum absolute atomic E-state index is 0.000302. The number of aromatic hydroxyl groups is 1. The molecule has 0 bridgehead atoms. The molecule has 5 N–H and O–H groups in total. The minimum atomic E-state index is -1.32. The van der Waals surface area contributed by atoms with Crippen LogP contribution < -0.4 is 11.1 Å². The summed E-state index contributed by atoms with van der Waals surface area (Å²) in [4.78, 5) is 37.7. The lowest BCUT2D eigenvalue weighted by molar-refractivity contribution is -0.136. The SMILES string of the molecule is NC(CC(=O)N1CCSC1C(=O)NCc1ccc(C(=O)O)c(O)c1)Cc1cc(F)c(F)cc1F. The van der Waals surface area contributed by atoms with Gasteiger partial charge in [0.05, 0.1) is 0 Å². The zero-order valence-electron chi connectivity index (χ0n) is 17.8. The third-order valence-corrected chi connectivity index (χ3v) is 6.41. The first-order chi connectivity index (χ1) is 16.1. The predicted octanol–water partition coefficient (Wildman–Crippen LogP) is 1.99. The molecule has 0 aromatic heterocycles. The molecule has 0 saturated carbocycles. The van der Waals surface area contributed by atoms with Gasteiger partial charge in [-0.1, -0.05) is 6.07 Å². The summed E-state index contributed by atoms with van der Waals surface area (Å²) in [7, 11) is 0. The molecule has 1 saturated heterocycles. The highest BCUT2D eigenvalue weighted by molar-refractivity contribution is 8.00. The Morgan fingerprint density at radius 1 is 1.15 bits per heavy atom. The number of phenols is 1. The van der Waals surface area contributed by atoms with Gasteiger partial charge in [-0.15, -0.1) is 11.8 Å². The average molecular weight is 497 g/mol. The highest BCUT2D eigenvalue weighted by Gasteiger charge is 2.35. The van der Waals surface area contributed by atoms with E-state index in [0.717, 1.165) is 0 Å². The zero-order valence-corrected chi connectivity index (χ0v) is 18.6. The van der Waals surface area contributed by atoms with Gasteiger partial charge in [0, 0.05) is 37.4 Å².